The Labute approximate surface area is 129 Å². The molecule has 0 bridgehead atoms. The minimum atomic E-state index is -0.00464. The van der Waals surface area contributed by atoms with Gasteiger partial charge in [-0.15, -0.1) is 0 Å². The SMILES string of the molecule is COCC(C)n1c(O)c(C2=NCCOC2)c2cc(N)ccc21. The van der Waals surface area contributed by atoms with E-state index in [0.29, 0.717) is 37.6 Å². The lowest BCUT2D eigenvalue weighted by atomic mass is 10.1. The summed E-state index contributed by atoms with van der Waals surface area (Å²) in [5, 5.41) is 11.7. The quantitative estimate of drug-likeness (QED) is 0.846. The first-order chi connectivity index (χ1) is 10.6. The Hall–Kier alpha value is -2.05. The lowest BCUT2D eigenvalue weighted by Gasteiger charge is -2.16. The van der Waals surface area contributed by atoms with Crippen molar-refractivity contribution in [1.82, 2.24) is 4.57 Å². The minimum absolute atomic E-state index is 0.00464. The van der Waals surface area contributed by atoms with E-state index in [1.807, 2.05) is 29.7 Å². The lowest BCUT2D eigenvalue weighted by molar-refractivity contribution is 0.159. The molecule has 1 aliphatic rings. The van der Waals surface area contributed by atoms with Crippen LogP contribution in [0.1, 0.15) is 18.5 Å². The summed E-state index contributed by atoms with van der Waals surface area (Å²) in [5.41, 5.74) is 8.98. The van der Waals surface area contributed by atoms with Gasteiger partial charge in [-0.05, 0) is 25.1 Å². The molecule has 1 aromatic heterocycles. The van der Waals surface area contributed by atoms with Gasteiger partial charge in [-0.25, -0.2) is 0 Å². The first-order valence-electron chi connectivity index (χ1n) is 7.36. The number of nitrogens with two attached hydrogens (primary N) is 1. The Balaban J connectivity index is 2.24. The predicted octanol–water partition coefficient (Wildman–Crippen LogP) is 1.96. The molecule has 22 heavy (non-hydrogen) atoms. The normalized spacial score (nSPS) is 16.7. The summed E-state index contributed by atoms with van der Waals surface area (Å²) >= 11 is 0. The molecular weight excluding hydrogens is 282 g/mol. The van der Waals surface area contributed by atoms with Crippen molar-refractivity contribution in [2.24, 2.45) is 4.99 Å². The molecule has 0 fully saturated rings. The average Bonchev–Trinajstić information content (AvgIpc) is 2.79. The highest BCUT2D eigenvalue weighted by atomic mass is 16.5. The summed E-state index contributed by atoms with van der Waals surface area (Å²) in [5.74, 6) is 0.189. The van der Waals surface area contributed by atoms with Gasteiger partial charge in [0.1, 0.15) is 0 Å². The number of rotatable bonds is 4. The van der Waals surface area contributed by atoms with Crippen molar-refractivity contribution < 1.29 is 14.6 Å². The smallest absolute Gasteiger partial charge is 0.201 e. The van der Waals surface area contributed by atoms with Crippen LogP contribution in [0.4, 0.5) is 5.69 Å². The zero-order valence-corrected chi connectivity index (χ0v) is 12.9. The number of benzene rings is 1. The predicted molar refractivity (Wildman–Crippen MR) is 86.8 cm³/mol. The van der Waals surface area contributed by atoms with E-state index in [1.165, 1.54) is 0 Å². The number of ether oxygens (including phenoxy) is 2. The van der Waals surface area contributed by atoms with Crippen molar-refractivity contribution in [3.05, 3.63) is 23.8 Å². The van der Waals surface area contributed by atoms with Crippen LogP contribution in [0.25, 0.3) is 10.9 Å². The van der Waals surface area contributed by atoms with Crippen LogP contribution < -0.4 is 5.73 Å². The maximum absolute atomic E-state index is 10.8. The number of hydrogen-bond acceptors (Lipinski definition) is 5. The van der Waals surface area contributed by atoms with E-state index in [1.54, 1.807) is 7.11 Å². The molecule has 0 radical (unpaired) electrons. The Morgan fingerprint density at radius 3 is 3.00 bits per heavy atom. The van der Waals surface area contributed by atoms with E-state index in [9.17, 15) is 5.11 Å². The van der Waals surface area contributed by atoms with Crippen molar-refractivity contribution in [2.45, 2.75) is 13.0 Å². The van der Waals surface area contributed by atoms with Gasteiger partial charge in [-0.3, -0.25) is 4.99 Å². The second-order valence-corrected chi connectivity index (χ2v) is 5.53. The van der Waals surface area contributed by atoms with Gasteiger partial charge in [-0.2, -0.15) is 0 Å². The first kappa shape index (κ1) is 14.9. The van der Waals surface area contributed by atoms with Gasteiger partial charge >= 0.3 is 0 Å². The van der Waals surface area contributed by atoms with Crippen LogP contribution in [0, 0.1) is 0 Å². The summed E-state index contributed by atoms with van der Waals surface area (Å²) < 4.78 is 12.6. The van der Waals surface area contributed by atoms with Crippen molar-refractivity contribution in [3.63, 3.8) is 0 Å². The van der Waals surface area contributed by atoms with Crippen LogP contribution in [-0.4, -0.2) is 48.9 Å². The van der Waals surface area contributed by atoms with Gasteiger partial charge in [0.2, 0.25) is 5.88 Å². The third-order valence-corrected chi connectivity index (χ3v) is 3.92. The molecule has 0 saturated carbocycles. The molecule has 6 heteroatoms. The van der Waals surface area contributed by atoms with E-state index in [-0.39, 0.29) is 11.9 Å². The molecule has 2 heterocycles. The Bertz CT molecular complexity index is 721. The monoisotopic (exact) mass is 303 g/mol. The number of nitrogens with zero attached hydrogens (tertiary/aromatic N) is 2. The highest BCUT2D eigenvalue weighted by Crippen LogP contribution is 2.36. The van der Waals surface area contributed by atoms with Crippen molar-refractivity contribution in [2.75, 3.05) is 39.2 Å². The summed E-state index contributed by atoms with van der Waals surface area (Å²) in [6, 6.07) is 5.62. The third kappa shape index (κ3) is 2.44. The summed E-state index contributed by atoms with van der Waals surface area (Å²) in [7, 11) is 1.65. The molecule has 1 aliphatic heterocycles. The van der Waals surface area contributed by atoms with Gasteiger partial charge < -0.3 is 24.9 Å². The number of nitrogen functional groups attached to an aromatic ring is 1. The van der Waals surface area contributed by atoms with Gasteiger partial charge in [0.25, 0.3) is 0 Å². The molecule has 1 atom stereocenters. The van der Waals surface area contributed by atoms with Crippen molar-refractivity contribution in [1.29, 1.82) is 0 Å². The number of hydrogen-bond donors (Lipinski definition) is 2. The fraction of sp³-hybridized carbons (Fsp3) is 0.438. The van der Waals surface area contributed by atoms with Crippen molar-refractivity contribution >= 4 is 22.3 Å². The summed E-state index contributed by atoms with van der Waals surface area (Å²) in [6.45, 7) is 4.13. The second kappa shape index (κ2) is 5.98. The van der Waals surface area contributed by atoms with Gasteiger partial charge in [-0.1, -0.05) is 0 Å². The summed E-state index contributed by atoms with van der Waals surface area (Å²) in [6.07, 6.45) is 0. The Morgan fingerprint density at radius 1 is 1.50 bits per heavy atom. The van der Waals surface area contributed by atoms with Gasteiger partial charge in [0.15, 0.2) is 0 Å². The van der Waals surface area contributed by atoms with Crippen molar-refractivity contribution in [3.8, 4) is 5.88 Å². The van der Waals surface area contributed by atoms with Crippen LogP contribution in [0.2, 0.25) is 0 Å². The maximum atomic E-state index is 10.8. The Kier molecular flexibility index (Phi) is 4.04. The highest BCUT2D eigenvalue weighted by Gasteiger charge is 2.24. The molecule has 0 amide bonds. The average molecular weight is 303 g/mol. The molecule has 6 nitrogen and oxygen atoms in total. The number of methoxy groups -OCH3 is 1. The number of anilines is 1. The van der Waals surface area contributed by atoms with Crippen LogP contribution >= 0.6 is 0 Å². The third-order valence-electron chi connectivity index (χ3n) is 3.92. The molecular formula is C16H21N3O3. The Morgan fingerprint density at radius 2 is 2.32 bits per heavy atom. The maximum Gasteiger partial charge on any atom is 0.201 e. The molecule has 0 aliphatic carbocycles. The van der Waals surface area contributed by atoms with E-state index in [2.05, 4.69) is 4.99 Å². The van der Waals surface area contributed by atoms with Crippen LogP contribution in [0.15, 0.2) is 23.2 Å². The zero-order chi connectivity index (χ0) is 15.7. The molecule has 118 valence electrons. The number of aliphatic imine (C=N–C) groups is 1. The van der Waals surface area contributed by atoms with Crippen LogP contribution in [0.3, 0.4) is 0 Å². The molecule has 0 saturated heterocycles. The molecule has 1 unspecified atom stereocenters. The summed E-state index contributed by atoms with van der Waals surface area (Å²) in [4.78, 5) is 4.51. The number of aromatic hydroxyl groups is 1. The van der Waals surface area contributed by atoms with Crippen LogP contribution in [-0.2, 0) is 9.47 Å². The van der Waals surface area contributed by atoms with Gasteiger partial charge in [0, 0.05) is 18.2 Å². The van der Waals surface area contributed by atoms with E-state index >= 15 is 0 Å². The second-order valence-electron chi connectivity index (χ2n) is 5.53. The molecule has 3 rings (SSSR count). The van der Waals surface area contributed by atoms with E-state index in [4.69, 9.17) is 15.2 Å². The van der Waals surface area contributed by atoms with E-state index in [0.717, 1.165) is 16.6 Å². The number of aromatic nitrogens is 1. The molecule has 1 aromatic carbocycles. The zero-order valence-electron chi connectivity index (χ0n) is 12.9. The van der Waals surface area contributed by atoms with Gasteiger partial charge in [0.05, 0.1) is 49.2 Å². The topological polar surface area (TPSA) is 82.0 Å². The first-order valence-corrected chi connectivity index (χ1v) is 7.36. The van der Waals surface area contributed by atoms with E-state index < -0.39 is 0 Å². The fourth-order valence-electron chi connectivity index (χ4n) is 2.98. The van der Waals surface area contributed by atoms with Crippen LogP contribution in [0.5, 0.6) is 5.88 Å². The standard InChI is InChI=1S/C16H21N3O3/c1-10(8-21-2)19-14-4-3-11(17)7-12(14)15(16(19)20)13-9-22-6-5-18-13/h3-4,7,10,20H,5-6,8-9,17H2,1-2H3. The molecule has 2 aromatic rings. The molecule has 0 spiro atoms. The highest BCUT2D eigenvalue weighted by molar-refractivity contribution is 6.14. The lowest BCUT2D eigenvalue weighted by Crippen LogP contribution is -2.19. The molecule has 3 N–H and O–H groups in total. The fourth-order valence-corrected chi connectivity index (χ4v) is 2.98. The number of fused-ring (bicyclic) bond motifs is 1. The minimum Gasteiger partial charge on any atom is -0.494 e. The largest absolute Gasteiger partial charge is 0.494 e.